The number of hydrogen-bond acceptors (Lipinski definition) is 5. The largest absolute Gasteiger partial charge is 0.436 e. The number of fused-ring (bicyclic) bond motifs is 1. The van der Waals surface area contributed by atoms with E-state index in [2.05, 4.69) is 4.98 Å². The fourth-order valence-electron chi connectivity index (χ4n) is 3.79. The maximum atomic E-state index is 14.8. The van der Waals surface area contributed by atoms with E-state index in [4.69, 9.17) is 10.2 Å². The van der Waals surface area contributed by atoms with Gasteiger partial charge in [0.15, 0.2) is 5.58 Å². The van der Waals surface area contributed by atoms with Crippen LogP contribution in [0.5, 0.6) is 0 Å². The van der Waals surface area contributed by atoms with Crippen LogP contribution in [0.2, 0.25) is 0 Å². The molecule has 0 atom stereocenters. The number of carbonyl (C=O) groups excluding carboxylic acids is 2. The Bertz CT molecular complexity index is 1200. The van der Waals surface area contributed by atoms with E-state index in [-0.39, 0.29) is 22.9 Å². The number of amides is 2. The molecule has 3 aromatic rings. The molecular formula is C22H20F2N4O3. The Labute approximate surface area is 176 Å². The minimum absolute atomic E-state index is 0.0665. The average Bonchev–Trinajstić information content (AvgIpc) is 3.38. The van der Waals surface area contributed by atoms with E-state index in [1.807, 2.05) is 0 Å². The van der Waals surface area contributed by atoms with Gasteiger partial charge in [0.1, 0.15) is 17.2 Å². The number of oxazole rings is 1. The van der Waals surface area contributed by atoms with E-state index in [0.29, 0.717) is 50.1 Å². The number of nitrogens with two attached hydrogens (primary N) is 1. The lowest BCUT2D eigenvalue weighted by molar-refractivity contribution is -0.135. The molecule has 0 spiro atoms. The predicted molar refractivity (Wildman–Crippen MR) is 108 cm³/mol. The molecule has 7 nitrogen and oxygen atoms in total. The van der Waals surface area contributed by atoms with Gasteiger partial charge in [-0.2, -0.15) is 0 Å². The Kier molecular flexibility index (Phi) is 4.51. The highest BCUT2D eigenvalue weighted by atomic mass is 19.1. The molecule has 2 amide bonds. The summed E-state index contributed by atoms with van der Waals surface area (Å²) in [4.78, 5) is 32.6. The van der Waals surface area contributed by atoms with Gasteiger partial charge in [-0.3, -0.25) is 9.59 Å². The first-order valence-electron chi connectivity index (χ1n) is 10.1. The zero-order valence-electron chi connectivity index (χ0n) is 16.6. The number of hydrogen-bond donors (Lipinski definition) is 1. The van der Waals surface area contributed by atoms with E-state index in [1.54, 1.807) is 11.0 Å². The Morgan fingerprint density at radius 2 is 1.71 bits per heavy atom. The van der Waals surface area contributed by atoms with Crippen LogP contribution in [0.3, 0.4) is 0 Å². The maximum absolute atomic E-state index is 14.8. The molecule has 5 rings (SSSR count). The topological polar surface area (TPSA) is 92.7 Å². The van der Waals surface area contributed by atoms with E-state index in [0.717, 1.165) is 0 Å². The second-order valence-corrected chi connectivity index (χ2v) is 8.07. The molecule has 2 heterocycles. The van der Waals surface area contributed by atoms with Crippen LogP contribution in [0.4, 0.5) is 8.78 Å². The number of halogens is 2. The van der Waals surface area contributed by atoms with Crippen molar-refractivity contribution in [2.45, 2.75) is 18.4 Å². The molecule has 2 fully saturated rings. The van der Waals surface area contributed by atoms with E-state index in [9.17, 15) is 18.4 Å². The van der Waals surface area contributed by atoms with E-state index >= 15 is 0 Å². The molecule has 31 heavy (non-hydrogen) atoms. The number of benzene rings is 2. The maximum Gasteiger partial charge on any atom is 0.256 e. The summed E-state index contributed by atoms with van der Waals surface area (Å²) in [6.07, 6.45) is 1.38. The second-order valence-electron chi connectivity index (χ2n) is 8.07. The molecule has 2 N–H and O–H groups in total. The molecular weight excluding hydrogens is 406 g/mol. The third-order valence-electron chi connectivity index (χ3n) is 5.87. The number of aromatic nitrogens is 1. The number of rotatable bonds is 3. The van der Waals surface area contributed by atoms with Crippen molar-refractivity contribution in [2.75, 3.05) is 26.2 Å². The Balaban J connectivity index is 1.30. The molecule has 9 heteroatoms. The predicted octanol–water partition coefficient (Wildman–Crippen LogP) is 2.55. The minimum Gasteiger partial charge on any atom is -0.436 e. The van der Waals surface area contributed by atoms with Crippen LogP contribution in [0.15, 0.2) is 40.8 Å². The zero-order valence-corrected chi connectivity index (χ0v) is 16.6. The molecule has 1 saturated carbocycles. The number of carbonyl (C=O) groups is 2. The van der Waals surface area contributed by atoms with Gasteiger partial charge >= 0.3 is 0 Å². The molecule has 1 aliphatic heterocycles. The molecule has 2 aromatic carbocycles. The van der Waals surface area contributed by atoms with Crippen molar-refractivity contribution in [3.63, 3.8) is 0 Å². The van der Waals surface area contributed by atoms with Crippen LogP contribution in [0.25, 0.3) is 22.6 Å². The molecule has 1 aromatic heterocycles. The summed E-state index contributed by atoms with van der Waals surface area (Å²) in [5.41, 5.74) is 6.23. The first-order chi connectivity index (χ1) is 14.8. The van der Waals surface area contributed by atoms with Crippen LogP contribution in [-0.4, -0.2) is 58.3 Å². The van der Waals surface area contributed by atoms with Crippen molar-refractivity contribution < 1.29 is 22.8 Å². The molecule has 1 saturated heterocycles. The quantitative estimate of drug-likeness (QED) is 0.695. The third-order valence-corrected chi connectivity index (χ3v) is 5.87. The summed E-state index contributed by atoms with van der Waals surface area (Å²) in [5.74, 6) is -1.53. The van der Waals surface area contributed by atoms with Crippen molar-refractivity contribution in [3.05, 3.63) is 53.6 Å². The molecule has 1 aliphatic carbocycles. The lowest BCUT2D eigenvalue weighted by Crippen LogP contribution is -2.55. The molecule has 0 unspecified atom stereocenters. The van der Waals surface area contributed by atoms with Crippen molar-refractivity contribution in [3.8, 4) is 11.5 Å². The first kappa shape index (κ1) is 19.6. The van der Waals surface area contributed by atoms with Crippen LogP contribution in [0, 0.1) is 11.6 Å². The van der Waals surface area contributed by atoms with E-state index < -0.39 is 23.1 Å². The third kappa shape index (κ3) is 3.54. The Morgan fingerprint density at radius 1 is 1.00 bits per heavy atom. The number of piperazine rings is 1. The lowest BCUT2D eigenvalue weighted by atomic mass is 10.1. The van der Waals surface area contributed by atoms with Crippen molar-refractivity contribution in [2.24, 2.45) is 5.73 Å². The van der Waals surface area contributed by atoms with Gasteiger partial charge in [-0.05, 0) is 43.2 Å². The van der Waals surface area contributed by atoms with Gasteiger partial charge in [-0.1, -0.05) is 0 Å². The van der Waals surface area contributed by atoms with Crippen molar-refractivity contribution in [1.29, 1.82) is 0 Å². The fraction of sp³-hybridized carbons (Fsp3) is 0.318. The van der Waals surface area contributed by atoms with Gasteiger partial charge in [0.25, 0.3) is 5.91 Å². The van der Waals surface area contributed by atoms with Gasteiger partial charge in [0.2, 0.25) is 11.8 Å². The Hall–Kier alpha value is -3.33. The van der Waals surface area contributed by atoms with Crippen molar-refractivity contribution >= 4 is 22.9 Å². The van der Waals surface area contributed by atoms with Gasteiger partial charge in [0, 0.05) is 37.8 Å². The summed E-state index contributed by atoms with van der Waals surface area (Å²) >= 11 is 0. The minimum atomic E-state index is -0.732. The highest BCUT2D eigenvalue weighted by molar-refractivity contribution is 5.95. The van der Waals surface area contributed by atoms with Gasteiger partial charge in [0.05, 0.1) is 11.1 Å². The van der Waals surface area contributed by atoms with Gasteiger partial charge in [-0.15, -0.1) is 0 Å². The van der Waals surface area contributed by atoms with E-state index in [1.165, 1.54) is 35.2 Å². The summed E-state index contributed by atoms with van der Waals surface area (Å²) in [5, 5.41) is 0. The second kappa shape index (κ2) is 7.12. The monoisotopic (exact) mass is 426 g/mol. The average molecular weight is 426 g/mol. The summed E-state index contributed by atoms with van der Waals surface area (Å²) in [7, 11) is 0. The van der Waals surface area contributed by atoms with Gasteiger partial charge < -0.3 is 20.0 Å². The number of nitrogens with zero attached hydrogens (tertiary/aromatic N) is 3. The van der Waals surface area contributed by atoms with Crippen LogP contribution >= 0.6 is 0 Å². The highest BCUT2D eigenvalue weighted by Gasteiger charge is 2.48. The fourth-order valence-corrected chi connectivity index (χ4v) is 3.79. The summed E-state index contributed by atoms with van der Waals surface area (Å²) in [6, 6.07) is 8.06. The normalized spacial score (nSPS) is 17.8. The molecule has 2 aliphatic rings. The Morgan fingerprint density at radius 3 is 2.39 bits per heavy atom. The van der Waals surface area contributed by atoms with Crippen LogP contribution < -0.4 is 5.73 Å². The van der Waals surface area contributed by atoms with Crippen LogP contribution in [-0.2, 0) is 4.79 Å². The lowest BCUT2D eigenvalue weighted by Gasteiger charge is -2.36. The SMILES string of the molecule is NC1(C(=O)N2CCN(C(=O)c3ccc(-c4nc5ccc(F)cc5o4)cc3F)CC2)CC1. The summed E-state index contributed by atoms with van der Waals surface area (Å²) < 4.78 is 33.6. The zero-order chi connectivity index (χ0) is 21.8. The van der Waals surface area contributed by atoms with Crippen LogP contribution in [0.1, 0.15) is 23.2 Å². The first-order valence-corrected chi connectivity index (χ1v) is 10.1. The molecule has 160 valence electrons. The van der Waals surface area contributed by atoms with Crippen molar-refractivity contribution in [1.82, 2.24) is 14.8 Å². The molecule has 0 bridgehead atoms. The smallest absolute Gasteiger partial charge is 0.256 e. The standard InChI is InChI=1S/C22H20F2N4O3/c23-14-2-4-17-18(12-14)31-19(26-17)13-1-3-15(16(24)11-13)20(29)27-7-9-28(10-8-27)21(30)22(25)5-6-22/h1-4,11-12H,5-10,25H2. The molecule has 0 radical (unpaired) electrons. The summed E-state index contributed by atoms with van der Waals surface area (Å²) in [6.45, 7) is 1.39. The van der Waals surface area contributed by atoms with Gasteiger partial charge in [-0.25, -0.2) is 13.8 Å². The highest BCUT2D eigenvalue weighted by Crippen LogP contribution is 2.34.